The van der Waals surface area contributed by atoms with Gasteiger partial charge in [-0.1, -0.05) is 32.4 Å². The third kappa shape index (κ3) is 3.15. The van der Waals surface area contributed by atoms with Gasteiger partial charge in [0.05, 0.1) is 12.3 Å². The maximum Gasteiger partial charge on any atom is 0.297 e. The molecule has 1 aromatic rings. The zero-order chi connectivity index (χ0) is 22.9. The molecule has 0 unspecified atom stereocenters. The molecule has 8 heteroatoms. The number of hydrogen-bond acceptors (Lipinski definition) is 7. The maximum atomic E-state index is 13.8. The van der Waals surface area contributed by atoms with Crippen molar-refractivity contribution in [3.8, 4) is 5.75 Å². The Labute approximate surface area is 186 Å². The number of carbonyl (C=O) groups excluding carboxylic acids is 1. The van der Waals surface area contributed by atoms with Gasteiger partial charge in [0, 0.05) is 11.5 Å². The number of allylic oxidation sites excluding steroid dienone is 2. The van der Waals surface area contributed by atoms with Gasteiger partial charge in [-0.05, 0) is 49.4 Å². The van der Waals surface area contributed by atoms with Crippen LogP contribution in [-0.2, 0) is 10.3 Å². The normalized spacial score (nSPS) is 42.8. The highest BCUT2D eigenvalue weighted by atomic mass is 16.6. The Morgan fingerprint density at radius 1 is 1.22 bits per heavy atom. The molecule has 32 heavy (non-hydrogen) atoms. The van der Waals surface area contributed by atoms with Gasteiger partial charge in [-0.3, -0.25) is 9.59 Å². The minimum atomic E-state index is -1.71. The molecule has 2 heterocycles. The molecule has 9 atom stereocenters. The number of nitrogens with zero attached hydrogens (tertiary/aromatic N) is 1. The first kappa shape index (κ1) is 21.7. The van der Waals surface area contributed by atoms with E-state index in [-0.39, 0.29) is 40.9 Å². The number of carbonyl (C=O) groups is 1. The van der Waals surface area contributed by atoms with Crippen molar-refractivity contribution in [2.24, 2.45) is 29.6 Å². The van der Waals surface area contributed by atoms with Crippen LogP contribution in [0.5, 0.6) is 5.75 Å². The molecule has 0 aromatic carbocycles. The fourth-order valence-electron chi connectivity index (χ4n) is 6.44. The monoisotopic (exact) mass is 445 g/mol. The number of ether oxygens (including phenoxy) is 1. The summed E-state index contributed by atoms with van der Waals surface area (Å²) in [7, 11) is 0. The zero-order valence-corrected chi connectivity index (χ0v) is 18.3. The number of fused-ring (bicyclic) bond motifs is 2. The van der Waals surface area contributed by atoms with Gasteiger partial charge in [0.15, 0.2) is 5.78 Å². The lowest BCUT2D eigenvalue weighted by molar-refractivity contribution is -0.0246. The lowest BCUT2D eigenvalue weighted by atomic mass is 9.61. The fraction of sp³-hybridized carbons (Fsp3) is 0.667. The van der Waals surface area contributed by atoms with Gasteiger partial charge >= 0.3 is 0 Å². The van der Waals surface area contributed by atoms with Crippen LogP contribution in [0, 0.1) is 29.6 Å². The molecule has 4 N–H and O–H groups in total. The van der Waals surface area contributed by atoms with E-state index in [0.29, 0.717) is 5.92 Å². The van der Waals surface area contributed by atoms with Crippen LogP contribution in [0.2, 0.25) is 0 Å². The number of rotatable bonds is 3. The van der Waals surface area contributed by atoms with Gasteiger partial charge in [-0.15, -0.1) is 0 Å². The van der Waals surface area contributed by atoms with E-state index in [0.717, 1.165) is 25.5 Å². The highest BCUT2D eigenvalue weighted by Crippen LogP contribution is 2.52. The minimum absolute atomic E-state index is 0.0670. The van der Waals surface area contributed by atoms with Gasteiger partial charge in [0.1, 0.15) is 29.1 Å². The van der Waals surface area contributed by atoms with E-state index < -0.39 is 52.5 Å². The number of pyridine rings is 1. The Morgan fingerprint density at radius 2 is 1.97 bits per heavy atom. The molecule has 1 aliphatic heterocycles. The summed E-state index contributed by atoms with van der Waals surface area (Å²) in [6.45, 7) is 4.14. The molecular formula is C24H31NO7. The van der Waals surface area contributed by atoms with Crippen molar-refractivity contribution in [1.29, 1.82) is 0 Å². The molecule has 0 radical (unpaired) electrons. The van der Waals surface area contributed by atoms with Crippen LogP contribution in [0.15, 0.2) is 23.1 Å². The maximum absolute atomic E-state index is 13.8. The Hall–Kier alpha value is -2.16. The van der Waals surface area contributed by atoms with Crippen molar-refractivity contribution in [2.75, 3.05) is 0 Å². The molecule has 174 valence electrons. The fourth-order valence-corrected chi connectivity index (χ4v) is 6.44. The van der Waals surface area contributed by atoms with E-state index >= 15 is 0 Å². The number of epoxide rings is 1. The Morgan fingerprint density at radius 3 is 2.72 bits per heavy atom. The van der Waals surface area contributed by atoms with Crippen LogP contribution >= 0.6 is 0 Å². The first-order chi connectivity index (χ1) is 15.1. The molecule has 3 aliphatic carbocycles. The predicted octanol–water partition coefficient (Wildman–Crippen LogP) is 1.96. The number of aromatic hydroxyl groups is 1. The summed E-state index contributed by atoms with van der Waals surface area (Å²) in [5.41, 5.74) is -3.30. The van der Waals surface area contributed by atoms with Gasteiger partial charge < -0.3 is 25.3 Å². The second-order valence-corrected chi connectivity index (χ2v) is 10.3. The molecule has 2 saturated carbocycles. The first-order valence-electron chi connectivity index (χ1n) is 11.6. The van der Waals surface area contributed by atoms with E-state index in [1.807, 2.05) is 13.0 Å². The van der Waals surface area contributed by atoms with E-state index in [9.17, 15) is 30.1 Å². The topological polar surface area (TPSA) is 133 Å². The molecule has 8 nitrogen and oxygen atoms in total. The van der Waals surface area contributed by atoms with Gasteiger partial charge in [0.2, 0.25) is 0 Å². The predicted molar refractivity (Wildman–Crippen MR) is 113 cm³/mol. The smallest absolute Gasteiger partial charge is 0.297 e. The van der Waals surface area contributed by atoms with Crippen LogP contribution in [0.25, 0.3) is 0 Å². The lowest BCUT2D eigenvalue weighted by Crippen LogP contribution is -2.44. The number of hydrogen-bond donors (Lipinski definition) is 4. The molecule has 1 aromatic heterocycles. The van der Waals surface area contributed by atoms with Crippen LogP contribution < -0.4 is 5.56 Å². The number of aliphatic hydroxyl groups excluding tert-OH is 1. The molecule has 5 rings (SSSR count). The Bertz CT molecular complexity index is 1030. The van der Waals surface area contributed by atoms with Crippen molar-refractivity contribution in [3.63, 3.8) is 0 Å². The number of Topliss-reactive ketones (excluding diaryl/α,β-unsaturated/α-hetero) is 1. The van der Waals surface area contributed by atoms with Crippen LogP contribution in [0.3, 0.4) is 0 Å². The SMILES string of the molecule is C[C@@H]1CC[C@H]2[C@H](C(=O)c3c(O)c([C@@]4(O)CC[C@H](O)[C@@H]5O[C@@H]54)cn(O)c3=O)[C@H](C)C=C[C@@H]2C1. The molecule has 0 spiro atoms. The number of ketones is 1. The molecule has 0 amide bonds. The van der Waals surface area contributed by atoms with Crippen molar-refractivity contribution >= 4 is 5.78 Å². The van der Waals surface area contributed by atoms with Gasteiger partial charge in [-0.2, -0.15) is 4.73 Å². The number of aromatic nitrogens is 1. The second kappa shape index (κ2) is 7.43. The summed E-state index contributed by atoms with van der Waals surface area (Å²) in [5, 5.41) is 42.7. The minimum Gasteiger partial charge on any atom is -0.507 e. The van der Waals surface area contributed by atoms with Crippen molar-refractivity contribution < 1.29 is 30.1 Å². The van der Waals surface area contributed by atoms with E-state index in [1.54, 1.807) is 0 Å². The molecule has 1 saturated heterocycles. The summed E-state index contributed by atoms with van der Waals surface area (Å²) < 4.78 is 5.70. The van der Waals surface area contributed by atoms with E-state index in [2.05, 4.69) is 13.0 Å². The molecular weight excluding hydrogens is 414 g/mol. The van der Waals surface area contributed by atoms with Crippen LogP contribution in [0.1, 0.15) is 61.9 Å². The zero-order valence-electron chi connectivity index (χ0n) is 18.3. The van der Waals surface area contributed by atoms with E-state index in [1.165, 1.54) is 0 Å². The summed E-state index contributed by atoms with van der Waals surface area (Å²) >= 11 is 0. The van der Waals surface area contributed by atoms with Crippen LogP contribution in [0.4, 0.5) is 0 Å². The Kier molecular flexibility index (Phi) is 5.03. The van der Waals surface area contributed by atoms with Crippen molar-refractivity contribution in [3.05, 3.63) is 39.8 Å². The molecule has 3 fully saturated rings. The highest BCUT2D eigenvalue weighted by molar-refractivity contribution is 6.01. The van der Waals surface area contributed by atoms with Gasteiger partial charge in [0.25, 0.3) is 5.56 Å². The summed E-state index contributed by atoms with van der Waals surface area (Å²) in [5.74, 6) is -0.812. The molecule has 4 aliphatic rings. The third-order valence-corrected chi connectivity index (χ3v) is 8.28. The van der Waals surface area contributed by atoms with E-state index in [4.69, 9.17) is 4.74 Å². The summed E-state index contributed by atoms with van der Waals surface area (Å²) in [4.78, 5) is 26.6. The largest absolute Gasteiger partial charge is 0.507 e. The average Bonchev–Trinajstić information content (AvgIpc) is 3.56. The Balaban J connectivity index is 1.56. The number of aliphatic hydroxyl groups is 2. The van der Waals surface area contributed by atoms with Crippen molar-refractivity contribution in [2.45, 2.75) is 69.9 Å². The molecule has 0 bridgehead atoms. The lowest BCUT2D eigenvalue weighted by Gasteiger charge is -2.42. The van der Waals surface area contributed by atoms with Crippen LogP contribution in [-0.4, -0.2) is 49.4 Å². The second-order valence-electron chi connectivity index (χ2n) is 10.3. The third-order valence-electron chi connectivity index (χ3n) is 8.28. The standard InChI is InChI=1S/C24H31NO7/c1-11-3-6-14-13(9-11)5-4-12(2)17(14)20(28)18-19(27)15(10-25(31)23(18)29)24(30)8-7-16(26)21-22(24)32-21/h4-5,10-14,16-17,21-22,26-27,30-31H,3,6-9H2,1-2H3/t11-,12-,13-,14-,16+,17-,21+,22+,24+/m1/s1. The summed E-state index contributed by atoms with van der Waals surface area (Å²) in [6, 6.07) is 0. The quantitative estimate of drug-likeness (QED) is 0.242. The van der Waals surface area contributed by atoms with Crippen molar-refractivity contribution in [1.82, 2.24) is 4.73 Å². The first-order valence-corrected chi connectivity index (χ1v) is 11.6. The highest BCUT2D eigenvalue weighted by Gasteiger charge is 2.62. The van der Waals surface area contributed by atoms with Gasteiger partial charge in [-0.25, -0.2) is 0 Å². The summed E-state index contributed by atoms with van der Waals surface area (Å²) in [6.07, 6.45) is 6.25. The average molecular weight is 446 g/mol.